The Morgan fingerprint density at radius 3 is 2.63 bits per heavy atom. The van der Waals surface area contributed by atoms with Crippen LogP contribution in [0.25, 0.3) is 10.2 Å². The normalized spacial score (nSPS) is 10.5. The second-order valence-electron chi connectivity index (χ2n) is 4.04. The molecule has 0 aliphatic carbocycles. The third kappa shape index (κ3) is 2.18. The molecule has 0 bridgehead atoms. The molecule has 0 amide bonds. The molecule has 0 aliphatic heterocycles. The van der Waals surface area contributed by atoms with Gasteiger partial charge in [0.1, 0.15) is 4.83 Å². The van der Waals surface area contributed by atoms with Gasteiger partial charge in [-0.05, 0) is 12.1 Å². The molecule has 0 spiro atoms. The minimum absolute atomic E-state index is 0.205. The Labute approximate surface area is 113 Å². The summed E-state index contributed by atoms with van der Waals surface area (Å²) < 4.78 is -0.250. The molecule has 92 valence electrons. The van der Waals surface area contributed by atoms with Gasteiger partial charge in [-0.3, -0.25) is 9.59 Å². The first-order valence-corrected chi connectivity index (χ1v) is 6.56. The highest BCUT2D eigenvalue weighted by atomic mass is 32.1. The van der Waals surface area contributed by atoms with Crippen LogP contribution in [0.5, 0.6) is 0 Å². The molecule has 3 nitrogen and oxygen atoms in total. The van der Waals surface area contributed by atoms with Gasteiger partial charge in [0.05, 0.1) is 5.56 Å². The summed E-state index contributed by atoms with van der Waals surface area (Å²) in [6, 6.07) is 14.1. The lowest BCUT2D eigenvalue weighted by atomic mass is 10.1. The third-order valence-electron chi connectivity index (χ3n) is 2.79. The Morgan fingerprint density at radius 1 is 1.05 bits per heavy atom. The first-order chi connectivity index (χ1) is 9.25. The maximum absolute atomic E-state index is 12.3. The first-order valence-electron chi connectivity index (χ1n) is 5.74. The topological polar surface area (TPSA) is 47.0 Å². The lowest BCUT2D eigenvalue weighted by Crippen LogP contribution is -2.12. The van der Waals surface area contributed by atoms with E-state index < -0.39 is 0 Å². The molecule has 0 radical (unpaired) electrons. The van der Waals surface area contributed by atoms with E-state index in [2.05, 4.69) is 4.98 Å². The standard InChI is InChI=1S/C15H9NO2S/c17-13(10-5-2-1-3-6-10)12-9-11-7-4-8-16-14(11)19-15(12)18/h1-9H. The Morgan fingerprint density at radius 2 is 1.84 bits per heavy atom. The van der Waals surface area contributed by atoms with Crippen molar-refractivity contribution in [3.8, 4) is 0 Å². The van der Waals surface area contributed by atoms with E-state index in [0.29, 0.717) is 10.4 Å². The number of hydrogen-bond acceptors (Lipinski definition) is 4. The molecule has 0 saturated carbocycles. The summed E-state index contributed by atoms with van der Waals surface area (Å²) in [4.78, 5) is 29.1. The number of pyridine rings is 1. The number of ketones is 1. The van der Waals surface area contributed by atoms with Crippen LogP contribution < -0.4 is 4.74 Å². The number of benzene rings is 1. The summed E-state index contributed by atoms with van der Waals surface area (Å²) in [7, 11) is 0. The molecule has 0 saturated heterocycles. The minimum atomic E-state index is -0.250. The highest BCUT2D eigenvalue weighted by molar-refractivity contribution is 7.16. The van der Waals surface area contributed by atoms with E-state index in [1.807, 2.05) is 12.1 Å². The molecule has 4 heteroatoms. The summed E-state index contributed by atoms with van der Waals surface area (Å²) in [6.45, 7) is 0. The predicted octanol–water partition coefficient (Wildman–Crippen LogP) is 2.89. The van der Waals surface area contributed by atoms with Gasteiger partial charge in [0.25, 0.3) is 0 Å². The summed E-state index contributed by atoms with van der Waals surface area (Å²) in [6.07, 6.45) is 1.64. The highest BCUT2D eigenvalue weighted by Gasteiger charge is 2.14. The van der Waals surface area contributed by atoms with Crippen molar-refractivity contribution in [2.75, 3.05) is 0 Å². The van der Waals surface area contributed by atoms with Crippen molar-refractivity contribution in [1.82, 2.24) is 4.98 Å². The molecule has 0 N–H and O–H groups in total. The fourth-order valence-electron chi connectivity index (χ4n) is 1.86. The molecule has 2 aromatic heterocycles. The van der Waals surface area contributed by atoms with E-state index in [-0.39, 0.29) is 16.1 Å². The molecule has 0 fully saturated rings. The smallest absolute Gasteiger partial charge is 0.245 e. The minimum Gasteiger partial charge on any atom is -0.288 e. The SMILES string of the molecule is O=C(c1ccccc1)c1cc2cccnc2sc1=O. The van der Waals surface area contributed by atoms with E-state index in [0.717, 1.165) is 16.7 Å². The Balaban J connectivity index is 2.18. The van der Waals surface area contributed by atoms with Crippen LogP contribution in [0, 0.1) is 0 Å². The Kier molecular flexibility index (Phi) is 2.93. The van der Waals surface area contributed by atoms with Gasteiger partial charge < -0.3 is 0 Å². The van der Waals surface area contributed by atoms with Crippen LogP contribution in [0.1, 0.15) is 15.9 Å². The molecule has 1 aromatic carbocycles. The Hall–Kier alpha value is -2.33. The van der Waals surface area contributed by atoms with Crippen molar-refractivity contribution < 1.29 is 4.79 Å². The maximum atomic E-state index is 12.3. The molecule has 0 atom stereocenters. The second-order valence-corrected chi connectivity index (χ2v) is 5.00. The van der Waals surface area contributed by atoms with Gasteiger partial charge in [-0.15, -0.1) is 0 Å². The van der Waals surface area contributed by atoms with Crippen LogP contribution in [0.3, 0.4) is 0 Å². The van der Waals surface area contributed by atoms with E-state index in [9.17, 15) is 9.59 Å². The van der Waals surface area contributed by atoms with Crippen molar-refractivity contribution in [3.63, 3.8) is 0 Å². The second kappa shape index (κ2) is 4.74. The van der Waals surface area contributed by atoms with Gasteiger partial charge in [-0.25, -0.2) is 4.98 Å². The zero-order chi connectivity index (χ0) is 13.2. The molecule has 0 aliphatic rings. The first kappa shape index (κ1) is 11.7. The van der Waals surface area contributed by atoms with Crippen LogP contribution in [0.2, 0.25) is 0 Å². The van der Waals surface area contributed by atoms with Gasteiger partial charge in [-0.2, -0.15) is 0 Å². The van der Waals surface area contributed by atoms with Crippen molar-refractivity contribution in [2.24, 2.45) is 0 Å². The molecule has 3 rings (SSSR count). The summed E-state index contributed by atoms with van der Waals surface area (Å²) in [5, 5.41) is 0.811. The van der Waals surface area contributed by atoms with Crippen molar-refractivity contribution in [1.29, 1.82) is 0 Å². The Bertz CT molecular complexity index is 809. The van der Waals surface area contributed by atoms with E-state index in [1.165, 1.54) is 0 Å². The number of hydrogen-bond donors (Lipinski definition) is 0. The molecule has 0 unspecified atom stereocenters. The molecule has 3 aromatic rings. The zero-order valence-corrected chi connectivity index (χ0v) is 10.7. The molecular weight excluding hydrogens is 258 g/mol. The number of carbonyl (C=O) groups excluding carboxylic acids is 1. The summed E-state index contributed by atoms with van der Waals surface area (Å²) >= 11 is 1.00. The highest BCUT2D eigenvalue weighted by Crippen LogP contribution is 2.16. The quantitative estimate of drug-likeness (QED) is 0.671. The van der Waals surface area contributed by atoms with Crippen LogP contribution in [0.4, 0.5) is 0 Å². The van der Waals surface area contributed by atoms with Crippen LogP contribution >= 0.6 is 11.3 Å². The third-order valence-corrected chi connectivity index (χ3v) is 3.73. The number of carbonyl (C=O) groups is 1. The largest absolute Gasteiger partial charge is 0.288 e. The average molecular weight is 267 g/mol. The number of rotatable bonds is 2. The van der Waals surface area contributed by atoms with Crippen LogP contribution in [0.15, 0.2) is 59.5 Å². The van der Waals surface area contributed by atoms with Crippen molar-refractivity contribution >= 4 is 27.3 Å². The maximum Gasteiger partial charge on any atom is 0.245 e. The summed E-state index contributed by atoms with van der Waals surface area (Å²) in [5.74, 6) is -0.243. The van der Waals surface area contributed by atoms with E-state index >= 15 is 0 Å². The van der Waals surface area contributed by atoms with Gasteiger partial charge in [-0.1, -0.05) is 47.7 Å². The fraction of sp³-hybridized carbons (Fsp3) is 0. The number of fused-ring (bicyclic) bond motifs is 1. The van der Waals surface area contributed by atoms with Crippen LogP contribution in [-0.2, 0) is 0 Å². The predicted molar refractivity (Wildman–Crippen MR) is 75.8 cm³/mol. The number of nitrogens with zero attached hydrogens (tertiary/aromatic N) is 1. The lowest BCUT2D eigenvalue weighted by molar-refractivity contribution is 0.103. The van der Waals surface area contributed by atoms with E-state index in [4.69, 9.17) is 0 Å². The summed E-state index contributed by atoms with van der Waals surface area (Å²) in [5.41, 5.74) is 0.728. The van der Waals surface area contributed by atoms with Gasteiger partial charge in [0.15, 0.2) is 5.78 Å². The molecular formula is C15H9NO2S. The van der Waals surface area contributed by atoms with Crippen molar-refractivity contribution in [3.05, 3.63) is 75.4 Å². The number of aromatic nitrogens is 1. The van der Waals surface area contributed by atoms with E-state index in [1.54, 1.807) is 42.6 Å². The molecule has 19 heavy (non-hydrogen) atoms. The average Bonchev–Trinajstić information content (AvgIpc) is 2.47. The monoisotopic (exact) mass is 267 g/mol. The zero-order valence-electron chi connectivity index (χ0n) is 9.87. The van der Waals surface area contributed by atoms with Gasteiger partial charge in [0, 0.05) is 17.1 Å². The lowest BCUT2D eigenvalue weighted by Gasteiger charge is -2.01. The van der Waals surface area contributed by atoms with Gasteiger partial charge in [0.2, 0.25) is 4.74 Å². The fourth-order valence-corrected chi connectivity index (χ4v) is 2.65. The van der Waals surface area contributed by atoms with Crippen molar-refractivity contribution in [2.45, 2.75) is 0 Å². The molecule has 2 heterocycles. The van der Waals surface area contributed by atoms with Crippen LogP contribution in [-0.4, -0.2) is 10.8 Å². The van der Waals surface area contributed by atoms with Gasteiger partial charge >= 0.3 is 0 Å².